The molecular formula is C12H13BrFNO3. The van der Waals surface area contributed by atoms with Crippen LogP contribution in [0.4, 0.5) is 4.39 Å². The Hall–Kier alpha value is -1.43. The standard InChI is InChI=1S/C12H13BrFNO3/c1-3-10(12(17)18)15(2)11(16)7-4-5-8(13)9(14)6-7/h4-6,10H,3H2,1-2H3,(H,17,18). The molecule has 1 aromatic carbocycles. The molecule has 0 radical (unpaired) electrons. The lowest BCUT2D eigenvalue weighted by atomic mass is 10.1. The average molecular weight is 318 g/mol. The van der Waals surface area contributed by atoms with Crippen molar-refractivity contribution in [2.45, 2.75) is 19.4 Å². The molecule has 0 spiro atoms. The third-order valence-corrected chi connectivity index (χ3v) is 3.27. The third-order valence-electron chi connectivity index (χ3n) is 2.63. The van der Waals surface area contributed by atoms with E-state index in [9.17, 15) is 14.0 Å². The van der Waals surface area contributed by atoms with Crippen LogP contribution in [0.1, 0.15) is 23.7 Å². The summed E-state index contributed by atoms with van der Waals surface area (Å²) in [5.74, 6) is -2.15. The van der Waals surface area contributed by atoms with E-state index in [-0.39, 0.29) is 16.5 Å². The van der Waals surface area contributed by atoms with Crippen LogP contribution in [-0.2, 0) is 4.79 Å². The number of aliphatic carboxylic acids is 1. The molecule has 0 aliphatic carbocycles. The number of benzene rings is 1. The smallest absolute Gasteiger partial charge is 0.326 e. The van der Waals surface area contributed by atoms with Crippen LogP contribution in [0.5, 0.6) is 0 Å². The number of nitrogens with zero attached hydrogens (tertiary/aromatic N) is 1. The number of amides is 1. The lowest BCUT2D eigenvalue weighted by molar-refractivity contribution is -0.142. The van der Waals surface area contributed by atoms with Gasteiger partial charge in [-0.25, -0.2) is 9.18 Å². The molecule has 1 atom stereocenters. The number of hydrogen-bond acceptors (Lipinski definition) is 2. The highest BCUT2D eigenvalue weighted by Crippen LogP contribution is 2.18. The average Bonchev–Trinajstić information content (AvgIpc) is 2.32. The van der Waals surface area contributed by atoms with E-state index in [1.807, 2.05) is 0 Å². The van der Waals surface area contributed by atoms with E-state index in [1.54, 1.807) is 6.92 Å². The molecule has 18 heavy (non-hydrogen) atoms. The van der Waals surface area contributed by atoms with Crippen LogP contribution in [0, 0.1) is 5.82 Å². The Morgan fingerprint density at radius 1 is 1.50 bits per heavy atom. The van der Waals surface area contributed by atoms with Crippen LogP contribution in [0.2, 0.25) is 0 Å². The van der Waals surface area contributed by atoms with Gasteiger partial charge in [0.2, 0.25) is 0 Å². The van der Waals surface area contributed by atoms with Crippen LogP contribution >= 0.6 is 15.9 Å². The summed E-state index contributed by atoms with van der Waals surface area (Å²) in [7, 11) is 1.39. The van der Waals surface area contributed by atoms with Gasteiger partial charge in [0.1, 0.15) is 11.9 Å². The van der Waals surface area contributed by atoms with Gasteiger partial charge in [-0.15, -0.1) is 0 Å². The Bertz CT molecular complexity index is 478. The van der Waals surface area contributed by atoms with E-state index >= 15 is 0 Å². The number of likely N-dealkylation sites (N-methyl/N-ethyl adjacent to an activating group) is 1. The van der Waals surface area contributed by atoms with Crippen molar-refractivity contribution in [3.8, 4) is 0 Å². The largest absolute Gasteiger partial charge is 0.480 e. The molecule has 0 fully saturated rings. The maximum Gasteiger partial charge on any atom is 0.326 e. The molecule has 98 valence electrons. The molecule has 1 aromatic rings. The van der Waals surface area contributed by atoms with Gasteiger partial charge in [0.25, 0.3) is 5.91 Å². The first-order valence-electron chi connectivity index (χ1n) is 5.33. The number of carboxylic acid groups (broad SMARTS) is 1. The number of halogens is 2. The zero-order valence-corrected chi connectivity index (χ0v) is 11.6. The first-order valence-corrected chi connectivity index (χ1v) is 6.12. The van der Waals surface area contributed by atoms with Crippen LogP contribution in [0.15, 0.2) is 22.7 Å². The number of hydrogen-bond donors (Lipinski definition) is 1. The first kappa shape index (κ1) is 14.6. The molecule has 0 heterocycles. The second kappa shape index (κ2) is 5.95. The predicted molar refractivity (Wildman–Crippen MR) is 67.9 cm³/mol. The summed E-state index contributed by atoms with van der Waals surface area (Å²) in [6.07, 6.45) is 0.288. The van der Waals surface area contributed by atoms with Crippen molar-refractivity contribution in [2.24, 2.45) is 0 Å². The summed E-state index contributed by atoms with van der Waals surface area (Å²) < 4.78 is 13.6. The minimum atomic E-state index is -1.08. The normalized spacial score (nSPS) is 12.0. The fourth-order valence-corrected chi connectivity index (χ4v) is 1.84. The number of carboxylic acids is 1. The Labute approximate surface area is 113 Å². The molecule has 0 bridgehead atoms. The van der Waals surface area contributed by atoms with Crippen LogP contribution in [0.25, 0.3) is 0 Å². The zero-order valence-electron chi connectivity index (χ0n) is 9.98. The summed E-state index contributed by atoms with van der Waals surface area (Å²) in [6, 6.07) is 3.03. The van der Waals surface area contributed by atoms with Crippen molar-refractivity contribution >= 4 is 27.8 Å². The van der Waals surface area contributed by atoms with Crippen LogP contribution in [-0.4, -0.2) is 35.0 Å². The van der Waals surface area contributed by atoms with Crippen molar-refractivity contribution in [1.29, 1.82) is 0 Å². The first-order chi connectivity index (χ1) is 8.38. The topological polar surface area (TPSA) is 57.6 Å². The van der Waals surface area contributed by atoms with E-state index in [1.165, 1.54) is 19.2 Å². The van der Waals surface area contributed by atoms with E-state index in [0.717, 1.165) is 11.0 Å². The van der Waals surface area contributed by atoms with Gasteiger partial charge in [0, 0.05) is 12.6 Å². The molecule has 0 aliphatic rings. The molecule has 1 rings (SSSR count). The summed E-state index contributed by atoms with van der Waals surface area (Å²) >= 11 is 2.99. The fraction of sp³-hybridized carbons (Fsp3) is 0.333. The molecule has 4 nitrogen and oxygen atoms in total. The summed E-state index contributed by atoms with van der Waals surface area (Å²) in [5, 5.41) is 8.96. The minimum absolute atomic E-state index is 0.123. The number of carbonyl (C=O) groups excluding carboxylic acids is 1. The highest BCUT2D eigenvalue weighted by molar-refractivity contribution is 9.10. The fourth-order valence-electron chi connectivity index (χ4n) is 1.59. The minimum Gasteiger partial charge on any atom is -0.480 e. The molecule has 1 N–H and O–H groups in total. The van der Waals surface area contributed by atoms with E-state index in [4.69, 9.17) is 5.11 Å². The molecular weight excluding hydrogens is 305 g/mol. The van der Waals surface area contributed by atoms with Crippen molar-refractivity contribution in [3.63, 3.8) is 0 Å². The predicted octanol–water partition coefficient (Wildman–Crippen LogP) is 2.52. The van der Waals surface area contributed by atoms with Gasteiger partial charge in [0.15, 0.2) is 0 Å². The third kappa shape index (κ3) is 3.07. The molecule has 6 heteroatoms. The molecule has 0 aromatic heterocycles. The molecule has 1 unspecified atom stereocenters. The van der Waals surface area contributed by atoms with Crippen molar-refractivity contribution < 1.29 is 19.1 Å². The molecule has 0 aliphatic heterocycles. The van der Waals surface area contributed by atoms with Crippen LogP contribution < -0.4 is 0 Å². The van der Waals surface area contributed by atoms with Crippen molar-refractivity contribution in [1.82, 2.24) is 4.90 Å². The van der Waals surface area contributed by atoms with Gasteiger partial charge < -0.3 is 10.0 Å². The van der Waals surface area contributed by atoms with E-state index in [0.29, 0.717) is 0 Å². The van der Waals surface area contributed by atoms with E-state index < -0.39 is 23.7 Å². The maximum absolute atomic E-state index is 13.3. The quantitative estimate of drug-likeness (QED) is 0.928. The highest BCUT2D eigenvalue weighted by Gasteiger charge is 2.25. The Morgan fingerprint density at radius 3 is 2.56 bits per heavy atom. The second-order valence-electron chi connectivity index (χ2n) is 3.81. The van der Waals surface area contributed by atoms with E-state index in [2.05, 4.69) is 15.9 Å². The Morgan fingerprint density at radius 2 is 2.11 bits per heavy atom. The van der Waals surface area contributed by atoms with Gasteiger partial charge in [0.05, 0.1) is 4.47 Å². The summed E-state index contributed by atoms with van der Waals surface area (Å²) in [6.45, 7) is 1.67. The Balaban J connectivity index is 2.99. The zero-order chi connectivity index (χ0) is 13.9. The Kier molecular flexibility index (Phi) is 4.84. The monoisotopic (exact) mass is 317 g/mol. The summed E-state index contributed by atoms with van der Waals surface area (Å²) in [4.78, 5) is 24.0. The van der Waals surface area contributed by atoms with Crippen LogP contribution in [0.3, 0.4) is 0 Å². The SMILES string of the molecule is CCC(C(=O)O)N(C)C(=O)c1ccc(Br)c(F)c1. The number of rotatable bonds is 4. The number of carbonyl (C=O) groups is 2. The molecule has 1 amide bonds. The lowest BCUT2D eigenvalue weighted by Gasteiger charge is -2.23. The van der Waals surface area contributed by atoms with Crippen molar-refractivity contribution in [3.05, 3.63) is 34.1 Å². The molecule has 0 saturated carbocycles. The van der Waals surface area contributed by atoms with Crippen molar-refractivity contribution in [2.75, 3.05) is 7.05 Å². The van der Waals surface area contributed by atoms with Gasteiger partial charge in [-0.05, 0) is 40.5 Å². The van der Waals surface area contributed by atoms with Gasteiger partial charge in [-0.1, -0.05) is 6.92 Å². The summed E-state index contributed by atoms with van der Waals surface area (Å²) in [5.41, 5.74) is 0.123. The maximum atomic E-state index is 13.3. The van der Waals surface area contributed by atoms with Gasteiger partial charge >= 0.3 is 5.97 Å². The second-order valence-corrected chi connectivity index (χ2v) is 4.66. The van der Waals surface area contributed by atoms with Gasteiger partial charge in [-0.3, -0.25) is 4.79 Å². The highest BCUT2D eigenvalue weighted by atomic mass is 79.9. The molecule has 0 saturated heterocycles. The van der Waals surface area contributed by atoms with Gasteiger partial charge in [-0.2, -0.15) is 0 Å². The lowest BCUT2D eigenvalue weighted by Crippen LogP contribution is -2.42.